The lowest BCUT2D eigenvalue weighted by atomic mass is 10.0. The van der Waals surface area contributed by atoms with E-state index >= 15 is 0 Å². The molecule has 0 atom stereocenters. The van der Waals surface area contributed by atoms with E-state index in [1.165, 1.54) is 12.1 Å². The third-order valence-electron chi connectivity index (χ3n) is 7.59. The molecule has 0 bridgehead atoms. The number of hydrogen-bond donors (Lipinski definition) is 1. The molecule has 0 aliphatic carbocycles. The quantitative estimate of drug-likeness (QED) is 0.272. The first-order valence-corrected chi connectivity index (χ1v) is 14.2. The van der Waals surface area contributed by atoms with Crippen LogP contribution in [0.5, 0.6) is 0 Å². The normalized spacial score (nSPS) is 12.6. The molecule has 3 heterocycles. The number of rotatable bonds is 5. The van der Waals surface area contributed by atoms with Crippen molar-refractivity contribution in [1.82, 2.24) is 24.4 Å². The Morgan fingerprint density at radius 1 is 1.07 bits per heavy atom. The lowest BCUT2D eigenvalue weighted by molar-refractivity contribution is 0.0729. The third kappa shape index (κ3) is 5.10. The Labute approximate surface area is 254 Å². The summed E-state index contributed by atoms with van der Waals surface area (Å²) in [4.78, 5) is 45.0. The predicted octanol–water partition coefficient (Wildman–Crippen LogP) is 5.09. The minimum Gasteiger partial charge on any atom is -0.355 e. The van der Waals surface area contributed by atoms with Crippen molar-refractivity contribution in [3.05, 3.63) is 138 Å². The molecule has 1 aliphatic heterocycles. The summed E-state index contributed by atoms with van der Waals surface area (Å²) in [5.74, 6) is -0.830. The summed E-state index contributed by atoms with van der Waals surface area (Å²) in [5.41, 5.74) is 4.75. The van der Waals surface area contributed by atoms with Crippen molar-refractivity contribution in [3.63, 3.8) is 0 Å². The summed E-state index contributed by atoms with van der Waals surface area (Å²) < 4.78 is 17.5. The number of nitrogens with one attached hydrogen (secondary N) is 1. The first-order chi connectivity index (χ1) is 20.8. The summed E-state index contributed by atoms with van der Waals surface area (Å²) in [5, 5.41) is 7.27. The maximum absolute atomic E-state index is 14.2. The Balaban J connectivity index is 1.48. The molecule has 0 unspecified atom stereocenters. The van der Waals surface area contributed by atoms with Crippen molar-refractivity contribution in [2.24, 2.45) is 0 Å². The van der Waals surface area contributed by atoms with Gasteiger partial charge in [-0.1, -0.05) is 40.2 Å². The Morgan fingerprint density at radius 3 is 2.49 bits per heavy atom. The average Bonchev–Trinajstić information content (AvgIpc) is 3.45. The van der Waals surface area contributed by atoms with Gasteiger partial charge < -0.3 is 10.2 Å². The van der Waals surface area contributed by atoms with Gasteiger partial charge in [-0.25, -0.2) is 13.8 Å². The molecule has 0 fully saturated rings. The van der Waals surface area contributed by atoms with E-state index < -0.39 is 0 Å². The van der Waals surface area contributed by atoms with E-state index in [0.29, 0.717) is 63.3 Å². The monoisotopic (exact) mass is 638 g/mol. The second-order valence-corrected chi connectivity index (χ2v) is 11.0. The molecule has 5 aromatic rings. The lowest BCUT2D eigenvalue weighted by Crippen LogP contribution is -2.41. The van der Waals surface area contributed by atoms with E-state index in [4.69, 9.17) is 6.57 Å². The van der Waals surface area contributed by atoms with Crippen LogP contribution in [-0.4, -0.2) is 44.5 Å². The first kappa shape index (κ1) is 28.1. The molecular weight excluding hydrogens is 615 g/mol. The molecule has 9 nitrogen and oxygen atoms in total. The van der Waals surface area contributed by atoms with E-state index in [-0.39, 0.29) is 29.7 Å². The number of carbonyl (C=O) groups is 2. The van der Waals surface area contributed by atoms with Gasteiger partial charge >= 0.3 is 0 Å². The smallest absolute Gasteiger partial charge is 0.261 e. The number of halogens is 2. The van der Waals surface area contributed by atoms with Gasteiger partial charge in [-0.2, -0.15) is 5.10 Å². The van der Waals surface area contributed by atoms with Gasteiger partial charge in [0.15, 0.2) is 0 Å². The maximum Gasteiger partial charge on any atom is 0.261 e. The van der Waals surface area contributed by atoms with Crippen LogP contribution in [0.3, 0.4) is 0 Å². The highest BCUT2D eigenvalue weighted by atomic mass is 79.9. The third-order valence-corrected chi connectivity index (χ3v) is 8.26. The van der Waals surface area contributed by atoms with E-state index in [1.807, 2.05) is 0 Å². The van der Waals surface area contributed by atoms with Gasteiger partial charge in [0.25, 0.3) is 17.4 Å². The zero-order chi connectivity index (χ0) is 30.2. The highest BCUT2D eigenvalue weighted by Gasteiger charge is 2.29. The number of benzene rings is 3. The highest BCUT2D eigenvalue weighted by Crippen LogP contribution is 2.29. The second-order valence-electron chi connectivity index (χ2n) is 10.2. The van der Waals surface area contributed by atoms with Crippen LogP contribution in [0.25, 0.3) is 16.2 Å². The predicted molar refractivity (Wildman–Crippen MR) is 162 cm³/mol. The minimum atomic E-state index is -0.343. The standard InChI is InChI=1S/C32H24BrFN6O3/c1-35-27-16-21(7-12-26(27)33)31(42)38-14-13-25-28(18-38)40-30(22(17-37-40)15-19-3-8-23(34)9-4-19)39(32(25)43)24-10-5-20(6-11-24)29(41)36-2/h3-12,16-17H,13-15,18H2,2H3,(H,36,41). The fraction of sp³-hybridized carbons (Fsp3) is 0.156. The van der Waals surface area contributed by atoms with Crippen LogP contribution in [0.15, 0.2) is 82.2 Å². The molecule has 0 radical (unpaired) electrons. The average molecular weight is 639 g/mol. The second kappa shape index (κ2) is 11.3. The lowest BCUT2D eigenvalue weighted by Gasteiger charge is -2.30. The number of hydrogen-bond acceptors (Lipinski definition) is 4. The molecule has 214 valence electrons. The Kier molecular flexibility index (Phi) is 7.38. The van der Waals surface area contributed by atoms with Gasteiger partial charge in [-0.15, -0.1) is 0 Å². The highest BCUT2D eigenvalue weighted by molar-refractivity contribution is 9.10. The molecule has 1 aliphatic rings. The van der Waals surface area contributed by atoms with E-state index in [9.17, 15) is 18.8 Å². The summed E-state index contributed by atoms with van der Waals surface area (Å²) >= 11 is 3.34. The zero-order valence-corrected chi connectivity index (χ0v) is 24.6. The van der Waals surface area contributed by atoms with Crippen LogP contribution >= 0.6 is 15.9 Å². The van der Waals surface area contributed by atoms with Crippen LogP contribution in [0.4, 0.5) is 10.1 Å². The number of nitrogens with zero attached hydrogens (tertiary/aromatic N) is 5. The molecule has 43 heavy (non-hydrogen) atoms. The summed E-state index contributed by atoms with van der Waals surface area (Å²) in [6.45, 7) is 7.85. The van der Waals surface area contributed by atoms with E-state index in [2.05, 4.69) is 31.2 Å². The summed E-state index contributed by atoms with van der Waals surface area (Å²) in [7, 11) is 1.55. The number of carbonyl (C=O) groups excluding carboxylic acids is 2. The van der Waals surface area contributed by atoms with E-state index in [0.717, 1.165) is 11.1 Å². The van der Waals surface area contributed by atoms with Crippen LogP contribution < -0.4 is 10.9 Å². The molecule has 0 spiro atoms. The topological polar surface area (TPSA) is 93.1 Å². The largest absolute Gasteiger partial charge is 0.355 e. The Bertz CT molecular complexity index is 2010. The van der Waals surface area contributed by atoms with Crippen molar-refractivity contribution in [3.8, 4) is 5.69 Å². The fourth-order valence-corrected chi connectivity index (χ4v) is 5.73. The van der Waals surface area contributed by atoms with Crippen molar-refractivity contribution >= 4 is 39.1 Å². The van der Waals surface area contributed by atoms with Crippen molar-refractivity contribution < 1.29 is 14.0 Å². The SMILES string of the molecule is [C-]#[N+]c1cc(C(=O)N2CCc3c(n4ncc(Cc5ccc(F)cc5)c4n(-c4ccc(C(=O)NC)cc4)c3=O)C2)ccc1Br. The van der Waals surface area contributed by atoms with Gasteiger partial charge in [0.2, 0.25) is 5.69 Å². The van der Waals surface area contributed by atoms with Gasteiger partial charge in [0.1, 0.15) is 11.5 Å². The van der Waals surface area contributed by atoms with Gasteiger partial charge in [0, 0.05) is 46.7 Å². The number of amides is 2. The molecule has 3 aromatic carbocycles. The van der Waals surface area contributed by atoms with Crippen LogP contribution in [0.2, 0.25) is 0 Å². The molecule has 11 heteroatoms. The molecular formula is C32H24BrFN6O3. The van der Waals surface area contributed by atoms with E-state index in [1.54, 1.807) is 81.8 Å². The van der Waals surface area contributed by atoms with Crippen LogP contribution in [0.1, 0.15) is 43.1 Å². The maximum atomic E-state index is 14.2. The van der Waals surface area contributed by atoms with Crippen molar-refractivity contribution in [1.29, 1.82) is 0 Å². The number of aromatic nitrogens is 3. The fourth-order valence-electron chi connectivity index (χ4n) is 5.39. The van der Waals surface area contributed by atoms with Gasteiger partial charge in [-0.05, 0) is 54.4 Å². The molecule has 2 aromatic heterocycles. The minimum absolute atomic E-state index is 0.150. The number of fused-ring (bicyclic) bond motifs is 3. The molecule has 1 N–H and O–H groups in total. The first-order valence-electron chi connectivity index (χ1n) is 13.5. The summed E-state index contributed by atoms with van der Waals surface area (Å²) in [6.07, 6.45) is 2.39. The molecule has 6 rings (SSSR count). The van der Waals surface area contributed by atoms with Crippen LogP contribution in [-0.2, 0) is 19.4 Å². The molecule has 2 amide bonds. The van der Waals surface area contributed by atoms with Crippen molar-refractivity contribution in [2.45, 2.75) is 19.4 Å². The Morgan fingerprint density at radius 2 is 1.79 bits per heavy atom. The Hall–Kier alpha value is -5.08. The zero-order valence-electron chi connectivity index (χ0n) is 23.0. The molecule has 0 saturated heterocycles. The van der Waals surface area contributed by atoms with Crippen molar-refractivity contribution in [2.75, 3.05) is 13.6 Å². The molecule has 0 saturated carbocycles. The summed E-state index contributed by atoms with van der Waals surface area (Å²) in [6, 6.07) is 17.8. The van der Waals surface area contributed by atoms with Gasteiger partial charge in [0.05, 0.1) is 30.7 Å². The van der Waals surface area contributed by atoms with Crippen LogP contribution in [0, 0.1) is 12.4 Å². The van der Waals surface area contributed by atoms with Gasteiger partial charge in [-0.3, -0.25) is 19.0 Å².